The van der Waals surface area contributed by atoms with Crippen LogP contribution in [0, 0.1) is 5.82 Å². The van der Waals surface area contributed by atoms with E-state index in [0.29, 0.717) is 29.3 Å². The lowest BCUT2D eigenvalue weighted by Gasteiger charge is -2.11. The Hall–Kier alpha value is -0.460. The highest BCUT2D eigenvalue weighted by atomic mass is 79.9. The second-order valence-corrected chi connectivity index (χ2v) is 7.78. The van der Waals surface area contributed by atoms with E-state index >= 15 is 0 Å². The SMILES string of the molecule is O=S(=O)(Cc1ccc(Br)c(F)c1)C1CCC(O)C1. The van der Waals surface area contributed by atoms with Crippen molar-refractivity contribution in [3.05, 3.63) is 34.1 Å². The lowest BCUT2D eigenvalue weighted by atomic mass is 10.2. The van der Waals surface area contributed by atoms with E-state index in [1.807, 2.05) is 0 Å². The monoisotopic (exact) mass is 336 g/mol. The molecule has 2 atom stereocenters. The number of halogens is 2. The van der Waals surface area contributed by atoms with Gasteiger partial charge in [-0.05, 0) is 52.9 Å². The normalized spacial score (nSPS) is 24.4. The average molecular weight is 337 g/mol. The molecule has 0 bridgehead atoms. The topological polar surface area (TPSA) is 54.4 Å². The van der Waals surface area contributed by atoms with Crippen molar-refractivity contribution in [2.45, 2.75) is 36.4 Å². The van der Waals surface area contributed by atoms with Crippen molar-refractivity contribution < 1.29 is 17.9 Å². The summed E-state index contributed by atoms with van der Waals surface area (Å²) < 4.78 is 37.8. The summed E-state index contributed by atoms with van der Waals surface area (Å²) in [6.07, 6.45) is 0.786. The zero-order chi connectivity index (χ0) is 13.3. The fraction of sp³-hybridized carbons (Fsp3) is 0.500. The highest BCUT2D eigenvalue weighted by molar-refractivity contribution is 9.10. The number of aliphatic hydroxyl groups is 1. The van der Waals surface area contributed by atoms with Crippen LogP contribution in [0.5, 0.6) is 0 Å². The predicted molar refractivity (Wildman–Crippen MR) is 70.4 cm³/mol. The third-order valence-electron chi connectivity index (χ3n) is 3.22. The van der Waals surface area contributed by atoms with E-state index in [4.69, 9.17) is 0 Å². The third kappa shape index (κ3) is 3.10. The minimum Gasteiger partial charge on any atom is -0.393 e. The van der Waals surface area contributed by atoms with E-state index in [1.54, 1.807) is 6.07 Å². The molecule has 1 aliphatic carbocycles. The van der Waals surface area contributed by atoms with E-state index in [9.17, 15) is 17.9 Å². The summed E-state index contributed by atoms with van der Waals surface area (Å²) in [6.45, 7) is 0. The molecule has 18 heavy (non-hydrogen) atoms. The molecule has 1 N–H and O–H groups in total. The lowest BCUT2D eigenvalue weighted by molar-refractivity contribution is 0.183. The largest absolute Gasteiger partial charge is 0.393 e. The van der Waals surface area contributed by atoms with E-state index in [1.165, 1.54) is 12.1 Å². The first-order valence-corrected chi connectivity index (χ1v) is 8.23. The molecule has 0 aliphatic heterocycles. The quantitative estimate of drug-likeness (QED) is 0.922. The fourth-order valence-corrected chi connectivity index (χ4v) is 4.36. The molecule has 1 aromatic rings. The number of benzene rings is 1. The summed E-state index contributed by atoms with van der Waals surface area (Å²) in [7, 11) is -3.32. The van der Waals surface area contributed by atoms with E-state index in [-0.39, 0.29) is 5.75 Å². The molecule has 3 nitrogen and oxygen atoms in total. The second kappa shape index (κ2) is 5.27. The molecular formula is C12H14BrFO3S. The van der Waals surface area contributed by atoms with Crippen molar-refractivity contribution in [2.75, 3.05) is 0 Å². The number of sulfone groups is 1. The molecule has 0 amide bonds. The smallest absolute Gasteiger partial charge is 0.157 e. The number of rotatable bonds is 3. The standard InChI is InChI=1S/C12H14BrFO3S/c13-11-4-1-8(5-12(11)14)7-18(16,17)10-3-2-9(15)6-10/h1,4-5,9-10,15H,2-3,6-7H2. The molecule has 6 heteroatoms. The molecular weight excluding hydrogens is 323 g/mol. The Kier molecular flexibility index (Phi) is 4.08. The molecule has 1 aromatic carbocycles. The average Bonchev–Trinajstić information content (AvgIpc) is 2.71. The zero-order valence-electron chi connectivity index (χ0n) is 9.64. The lowest BCUT2D eigenvalue weighted by Crippen LogP contribution is -2.21. The molecule has 0 spiro atoms. The Morgan fingerprint density at radius 3 is 2.67 bits per heavy atom. The Bertz CT molecular complexity index is 544. The number of hydrogen-bond donors (Lipinski definition) is 1. The van der Waals surface area contributed by atoms with E-state index < -0.39 is 27.0 Å². The van der Waals surface area contributed by atoms with Crippen LogP contribution in [0.2, 0.25) is 0 Å². The predicted octanol–water partition coefficient (Wildman–Crippen LogP) is 2.42. The van der Waals surface area contributed by atoms with Gasteiger partial charge >= 0.3 is 0 Å². The molecule has 0 heterocycles. The van der Waals surface area contributed by atoms with Gasteiger partial charge in [-0.25, -0.2) is 12.8 Å². The van der Waals surface area contributed by atoms with Crippen molar-refractivity contribution >= 4 is 25.8 Å². The molecule has 1 aliphatic rings. The maximum absolute atomic E-state index is 13.3. The maximum atomic E-state index is 13.3. The van der Waals surface area contributed by atoms with Crippen LogP contribution in [0.4, 0.5) is 4.39 Å². The summed E-state index contributed by atoms with van der Waals surface area (Å²) in [5.74, 6) is -0.636. The van der Waals surface area contributed by atoms with Gasteiger partial charge in [-0.15, -0.1) is 0 Å². The second-order valence-electron chi connectivity index (χ2n) is 4.64. The summed E-state index contributed by atoms with van der Waals surface area (Å²) in [5.41, 5.74) is 0.442. The zero-order valence-corrected chi connectivity index (χ0v) is 12.0. The molecule has 0 radical (unpaired) electrons. The fourth-order valence-electron chi connectivity index (χ4n) is 2.22. The van der Waals surface area contributed by atoms with Gasteiger partial charge in [0, 0.05) is 0 Å². The Balaban J connectivity index is 2.15. The van der Waals surface area contributed by atoms with Crippen LogP contribution in [0.25, 0.3) is 0 Å². The third-order valence-corrected chi connectivity index (χ3v) is 6.04. The van der Waals surface area contributed by atoms with Gasteiger partial charge in [0.2, 0.25) is 0 Å². The van der Waals surface area contributed by atoms with Gasteiger partial charge in [0.1, 0.15) is 5.82 Å². The van der Waals surface area contributed by atoms with Crippen LogP contribution in [0.15, 0.2) is 22.7 Å². The number of aliphatic hydroxyl groups excluding tert-OH is 1. The molecule has 2 unspecified atom stereocenters. The van der Waals surface area contributed by atoms with Gasteiger partial charge in [-0.2, -0.15) is 0 Å². The Morgan fingerprint density at radius 1 is 1.39 bits per heavy atom. The van der Waals surface area contributed by atoms with Crippen LogP contribution in [-0.4, -0.2) is 24.9 Å². The maximum Gasteiger partial charge on any atom is 0.157 e. The molecule has 1 fully saturated rings. The highest BCUT2D eigenvalue weighted by Gasteiger charge is 2.33. The van der Waals surface area contributed by atoms with E-state index in [0.717, 1.165) is 0 Å². The Labute approximate surface area is 114 Å². The summed E-state index contributed by atoms with van der Waals surface area (Å²) >= 11 is 3.03. The van der Waals surface area contributed by atoms with Crippen LogP contribution in [0.1, 0.15) is 24.8 Å². The summed E-state index contributed by atoms with van der Waals surface area (Å²) in [6, 6.07) is 4.33. The van der Waals surface area contributed by atoms with Gasteiger partial charge in [0.25, 0.3) is 0 Å². The first-order chi connectivity index (χ1) is 8.38. The van der Waals surface area contributed by atoms with Crippen molar-refractivity contribution in [1.82, 2.24) is 0 Å². The van der Waals surface area contributed by atoms with E-state index in [2.05, 4.69) is 15.9 Å². The van der Waals surface area contributed by atoms with Crippen molar-refractivity contribution in [2.24, 2.45) is 0 Å². The molecule has 0 saturated heterocycles. The van der Waals surface area contributed by atoms with Gasteiger partial charge in [0.05, 0.1) is 21.6 Å². The minimum atomic E-state index is -3.32. The van der Waals surface area contributed by atoms with Crippen molar-refractivity contribution in [1.29, 1.82) is 0 Å². The van der Waals surface area contributed by atoms with Gasteiger partial charge in [0.15, 0.2) is 9.84 Å². The Morgan fingerprint density at radius 2 is 2.11 bits per heavy atom. The van der Waals surface area contributed by atoms with Gasteiger partial charge < -0.3 is 5.11 Å². The van der Waals surface area contributed by atoms with Crippen LogP contribution < -0.4 is 0 Å². The number of hydrogen-bond acceptors (Lipinski definition) is 3. The molecule has 1 saturated carbocycles. The first-order valence-electron chi connectivity index (χ1n) is 5.72. The summed E-state index contributed by atoms with van der Waals surface area (Å²) in [4.78, 5) is 0. The molecule has 100 valence electrons. The minimum absolute atomic E-state index is 0.172. The van der Waals surface area contributed by atoms with Gasteiger partial charge in [-0.1, -0.05) is 6.07 Å². The molecule has 2 rings (SSSR count). The highest BCUT2D eigenvalue weighted by Crippen LogP contribution is 2.28. The van der Waals surface area contributed by atoms with Crippen molar-refractivity contribution in [3.8, 4) is 0 Å². The van der Waals surface area contributed by atoms with Crippen LogP contribution in [-0.2, 0) is 15.6 Å². The van der Waals surface area contributed by atoms with Crippen LogP contribution in [0.3, 0.4) is 0 Å². The van der Waals surface area contributed by atoms with Gasteiger partial charge in [-0.3, -0.25) is 0 Å². The molecule has 0 aromatic heterocycles. The van der Waals surface area contributed by atoms with Crippen LogP contribution >= 0.6 is 15.9 Å². The summed E-state index contributed by atoms with van der Waals surface area (Å²) in [5, 5.41) is 8.88. The van der Waals surface area contributed by atoms with Crippen molar-refractivity contribution in [3.63, 3.8) is 0 Å². The first kappa shape index (κ1) is 14.0.